The van der Waals surface area contributed by atoms with Crippen molar-refractivity contribution in [2.75, 3.05) is 0 Å². The normalized spacial score (nSPS) is 11.6. The number of amides is 1. The van der Waals surface area contributed by atoms with Crippen molar-refractivity contribution in [3.05, 3.63) is 128 Å². The van der Waals surface area contributed by atoms with Crippen molar-refractivity contribution in [3.63, 3.8) is 0 Å². The Balaban J connectivity index is 1.38. The lowest BCUT2D eigenvalue weighted by Gasteiger charge is -2.15. The highest BCUT2D eigenvalue weighted by Crippen LogP contribution is 2.32. The van der Waals surface area contributed by atoms with E-state index in [2.05, 4.69) is 30.8 Å². The van der Waals surface area contributed by atoms with Crippen LogP contribution < -0.4 is 5.32 Å². The first-order valence-corrected chi connectivity index (χ1v) is 14.9. The third kappa shape index (κ3) is 6.82. The van der Waals surface area contributed by atoms with Crippen molar-refractivity contribution >= 4 is 57.3 Å². The van der Waals surface area contributed by atoms with E-state index in [0.717, 1.165) is 0 Å². The first-order valence-electron chi connectivity index (χ1n) is 13.8. The molecule has 3 heterocycles. The lowest BCUT2D eigenvalue weighted by Crippen LogP contribution is -2.25. The number of benzene rings is 3. The highest BCUT2D eigenvalue weighted by atomic mass is 35.5. The molecule has 0 aliphatic carbocycles. The summed E-state index contributed by atoms with van der Waals surface area (Å²) in [6.45, 7) is -0.232. The second-order valence-electron chi connectivity index (χ2n) is 10.2. The summed E-state index contributed by atoms with van der Waals surface area (Å²) >= 11 is 19.5. The van der Waals surface area contributed by atoms with E-state index >= 15 is 0 Å². The summed E-state index contributed by atoms with van der Waals surface area (Å²) in [5, 5.41) is 19.2. The molecule has 3 aromatic heterocycles. The molecule has 10 nitrogen and oxygen atoms in total. The summed E-state index contributed by atoms with van der Waals surface area (Å²) in [5.41, 5.74) is 1.20. The van der Waals surface area contributed by atoms with Gasteiger partial charge < -0.3 is 5.32 Å². The fourth-order valence-corrected chi connectivity index (χ4v) is 5.60. The van der Waals surface area contributed by atoms with E-state index < -0.39 is 23.7 Å². The number of hydrogen-bond donors (Lipinski definition) is 1. The number of carbonyl (C=O) groups excluding carboxylic acids is 2. The van der Waals surface area contributed by atoms with Gasteiger partial charge in [-0.25, -0.2) is 9.67 Å². The lowest BCUT2D eigenvalue weighted by molar-refractivity contribution is -0.145. The monoisotopic (exact) mass is 698 g/mol. The molecule has 0 radical (unpaired) electrons. The molecule has 47 heavy (non-hydrogen) atoms. The number of pyridine rings is 1. The molecular weight excluding hydrogens is 680 g/mol. The molecule has 0 fully saturated rings. The third-order valence-electron chi connectivity index (χ3n) is 7.06. The molecule has 0 saturated heterocycles. The van der Waals surface area contributed by atoms with Crippen LogP contribution in [0.2, 0.25) is 15.1 Å². The number of hydrogen-bond acceptors (Lipinski definition) is 7. The number of Topliss-reactive ketones (excluding diaryl/α,β-unsaturated/α-hetero) is 1. The molecule has 6 rings (SSSR count). The number of fused-ring (bicyclic) bond motifs is 1. The Morgan fingerprint density at radius 2 is 1.64 bits per heavy atom. The summed E-state index contributed by atoms with van der Waals surface area (Å²) in [7, 11) is 0. The molecule has 1 amide bonds. The second kappa shape index (κ2) is 13.1. The molecule has 0 spiro atoms. The molecular formula is C31H20Cl3F3N8O2. The second-order valence-corrected chi connectivity index (χ2v) is 11.4. The van der Waals surface area contributed by atoms with E-state index in [1.165, 1.54) is 23.0 Å². The Kier molecular flexibility index (Phi) is 8.95. The van der Waals surface area contributed by atoms with Crippen LogP contribution in [0, 0.1) is 0 Å². The van der Waals surface area contributed by atoms with Crippen molar-refractivity contribution in [1.82, 2.24) is 40.3 Å². The number of carbonyl (C=O) groups is 2. The SMILES string of the molecule is O=C(NCc1ccccc1Cl)c1cc2ccccc2c(Cl)c1CC(=O)c1cc(Cn2nnc(C(F)(F)F)n2)nn1-c1ncccc1Cl. The minimum Gasteiger partial charge on any atom is -0.348 e. The summed E-state index contributed by atoms with van der Waals surface area (Å²) in [6, 6.07) is 20.3. The Morgan fingerprint density at radius 1 is 0.894 bits per heavy atom. The van der Waals surface area contributed by atoms with Crippen LogP contribution in [0.25, 0.3) is 16.6 Å². The zero-order chi connectivity index (χ0) is 33.3. The molecule has 0 saturated carbocycles. The summed E-state index contributed by atoms with van der Waals surface area (Å²) in [5.74, 6) is -2.36. The zero-order valence-corrected chi connectivity index (χ0v) is 26.1. The van der Waals surface area contributed by atoms with Crippen LogP contribution in [-0.2, 0) is 25.7 Å². The van der Waals surface area contributed by atoms with Crippen molar-refractivity contribution in [2.45, 2.75) is 25.7 Å². The summed E-state index contributed by atoms with van der Waals surface area (Å²) in [6.07, 6.45) is -3.71. The maximum atomic E-state index is 14.1. The van der Waals surface area contributed by atoms with E-state index in [9.17, 15) is 22.8 Å². The first-order chi connectivity index (χ1) is 22.5. The lowest BCUT2D eigenvalue weighted by atomic mass is 9.95. The Hall–Kier alpha value is -4.85. The van der Waals surface area contributed by atoms with Crippen LogP contribution >= 0.6 is 34.8 Å². The average Bonchev–Trinajstić information content (AvgIpc) is 3.70. The van der Waals surface area contributed by atoms with Gasteiger partial charge in [-0.2, -0.15) is 23.1 Å². The highest BCUT2D eigenvalue weighted by Gasteiger charge is 2.37. The number of tetrazole rings is 1. The molecule has 0 bridgehead atoms. The number of aromatic nitrogens is 7. The number of alkyl halides is 3. The maximum absolute atomic E-state index is 14.1. The van der Waals surface area contributed by atoms with E-state index in [1.807, 2.05) is 0 Å². The Bertz CT molecular complexity index is 2150. The van der Waals surface area contributed by atoms with E-state index in [1.54, 1.807) is 60.7 Å². The van der Waals surface area contributed by atoms with E-state index in [-0.39, 0.29) is 57.9 Å². The van der Waals surface area contributed by atoms with Gasteiger partial charge >= 0.3 is 6.18 Å². The van der Waals surface area contributed by atoms with Crippen LogP contribution in [0.1, 0.15) is 43.5 Å². The molecule has 16 heteroatoms. The van der Waals surface area contributed by atoms with E-state index in [4.69, 9.17) is 34.8 Å². The molecule has 238 valence electrons. The number of nitrogens with one attached hydrogen (secondary N) is 1. The number of halogens is 6. The fraction of sp³-hybridized carbons (Fsp3) is 0.129. The van der Waals surface area contributed by atoms with Crippen LogP contribution in [0.5, 0.6) is 0 Å². The van der Waals surface area contributed by atoms with Crippen LogP contribution in [0.4, 0.5) is 13.2 Å². The van der Waals surface area contributed by atoms with Gasteiger partial charge in [0.05, 0.1) is 15.7 Å². The van der Waals surface area contributed by atoms with Crippen molar-refractivity contribution in [1.29, 1.82) is 0 Å². The van der Waals surface area contributed by atoms with Gasteiger partial charge in [0.25, 0.3) is 11.7 Å². The summed E-state index contributed by atoms with van der Waals surface area (Å²) in [4.78, 5) is 32.6. The van der Waals surface area contributed by atoms with Gasteiger partial charge in [0.2, 0.25) is 0 Å². The van der Waals surface area contributed by atoms with Gasteiger partial charge in [-0.15, -0.1) is 10.2 Å². The highest BCUT2D eigenvalue weighted by molar-refractivity contribution is 6.37. The Labute approximate surface area is 279 Å². The molecule has 0 unspecified atom stereocenters. The van der Waals surface area contributed by atoms with Gasteiger partial charge in [-0.3, -0.25) is 9.59 Å². The largest absolute Gasteiger partial charge is 0.455 e. The van der Waals surface area contributed by atoms with Gasteiger partial charge in [-0.1, -0.05) is 77.3 Å². The number of nitrogens with zero attached hydrogens (tertiary/aromatic N) is 7. The Morgan fingerprint density at radius 3 is 2.38 bits per heavy atom. The molecule has 0 atom stereocenters. The fourth-order valence-electron chi connectivity index (χ4n) is 4.85. The van der Waals surface area contributed by atoms with Gasteiger partial charge in [0.15, 0.2) is 11.6 Å². The summed E-state index contributed by atoms with van der Waals surface area (Å²) < 4.78 is 40.3. The quantitative estimate of drug-likeness (QED) is 0.165. The third-order valence-corrected chi connectivity index (χ3v) is 8.16. The van der Waals surface area contributed by atoms with Crippen LogP contribution in [0.15, 0.2) is 79.0 Å². The molecule has 1 N–H and O–H groups in total. The van der Waals surface area contributed by atoms with Crippen molar-refractivity contribution in [3.8, 4) is 5.82 Å². The standard InChI is InChI=1S/C31H20Cl3F3N8O2/c32-23-9-4-2-7-18(23)15-39-29(47)22-12-17-6-1-3-8-20(17)27(34)21(22)14-26(46)25-13-19(16-44-42-30(40-43-44)31(35,36)37)41-45(25)28-24(33)10-5-11-38-28/h1-13H,14-16H2,(H,39,47). The molecule has 0 aliphatic heterocycles. The topological polar surface area (TPSA) is 120 Å². The smallest absolute Gasteiger partial charge is 0.348 e. The minimum absolute atomic E-state index is 0.0246. The van der Waals surface area contributed by atoms with Gasteiger partial charge in [0.1, 0.15) is 12.2 Å². The van der Waals surface area contributed by atoms with E-state index in [0.29, 0.717) is 26.2 Å². The molecule has 0 aliphatic rings. The molecule has 3 aromatic carbocycles. The predicted molar refractivity (Wildman–Crippen MR) is 168 cm³/mol. The maximum Gasteiger partial charge on any atom is 0.455 e. The molecule has 6 aromatic rings. The number of rotatable bonds is 9. The van der Waals surface area contributed by atoms with Crippen LogP contribution in [0.3, 0.4) is 0 Å². The van der Waals surface area contributed by atoms with Gasteiger partial charge in [-0.05, 0) is 52.1 Å². The average molecular weight is 700 g/mol. The number of ketones is 1. The zero-order valence-electron chi connectivity index (χ0n) is 23.8. The van der Waals surface area contributed by atoms with Crippen molar-refractivity contribution < 1.29 is 22.8 Å². The first kappa shape index (κ1) is 32.1. The van der Waals surface area contributed by atoms with Gasteiger partial charge in [0, 0.05) is 35.1 Å². The predicted octanol–water partition coefficient (Wildman–Crippen LogP) is 6.79. The van der Waals surface area contributed by atoms with Crippen LogP contribution in [-0.4, -0.2) is 46.7 Å². The minimum atomic E-state index is -4.79. The van der Waals surface area contributed by atoms with Crippen molar-refractivity contribution in [2.24, 2.45) is 0 Å².